The van der Waals surface area contributed by atoms with E-state index < -0.39 is 0 Å². The van der Waals surface area contributed by atoms with E-state index in [-0.39, 0.29) is 17.8 Å². The molecule has 2 aliphatic carbocycles. The molecule has 2 saturated heterocycles. The van der Waals surface area contributed by atoms with Gasteiger partial charge in [-0.2, -0.15) is 0 Å². The van der Waals surface area contributed by atoms with Crippen LogP contribution in [0.3, 0.4) is 0 Å². The molecule has 110 valence electrons. The standard InChI is InChI=1S/C16H28O3/c1-11-4-5-13(12(2)10-17)16-9-8-15(3,18-19-16)7-6-14(11)16/h11-14,17H,4-10H2,1-3H3/t11-,12+,13+,14+,15-,16+/m1/s1. The molecular weight excluding hydrogens is 240 g/mol. The average Bonchev–Trinajstić information content (AvgIpc) is 2.65. The van der Waals surface area contributed by atoms with Crippen LogP contribution >= 0.6 is 0 Å². The average molecular weight is 268 g/mol. The molecule has 1 N–H and O–H groups in total. The van der Waals surface area contributed by atoms with Crippen molar-refractivity contribution in [3.05, 3.63) is 0 Å². The summed E-state index contributed by atoms with van der Waals surface area (Å²) in [6, 6.07) is 0. The summed E-state index contributed by atoms with van der Waals surface area (Å²) >= 11 is 0. The SMILES string of the molecule is C[C@@H]1CC[C@@H]([C@@H](C)CO)[C@@]23CC[C@@](C)(CC[C@@H]12)OO3. The third kappa shape index (κ3) is 2.05. The maximum Gasteiger partial charge on any atom is 0.110 e. The fourth-order valence-corrected chi connectivity index (χ4v) is 4.91. The molecule has 4 rings (SSSR count). The Morgan fingerprint density at radius 1 is 1.16 bits per heavy atom. The van der Waals surface area contributed by atoms with Gasteiger partial charge >= 0.3 is 0 Å². The van der Waals surface area contributed by atoms with Crippen LogP contribution in [-0.2, 0) is 9.78 Å². The summed E-state index contributed by atoms with van der Waals surface area (Å²) in [7, 11) is 0. The lowest BCUT2D eigenvalue weighted by Gasteiger charge is -2.53. The first-order valence-electron chi connectivity index (χ1n) is 7.98. The second-order valence-corrected chi connectivity index (χ2v) is 7.54. The van der Waals surface area contributed by atoms with Gasteiger partial charge in [-0.25, -0.2) is 9.78 Å². The lowest BCUT2D eigenvalue weighted by atomic mass is 9.59. The van der Waals surface area contributed by atoms with Crippen molar-refractivity contribution in [2.24, 2.45) is 23.7 Å². The minimum atomic E-state index is -0.129. The molecule has 2 aliphatic heterocycles. The minimum absolute atomic E-state index is 0.0741. The first kappa shape index (κ1) is 13.8. The van der Waals surface area contributed by atoms with E-state index in [1.807, 2.05) is 0 Å². The largest absolute Gasteiger partial charge is 0.396 e. The van der Waals surface area contributed by atoms with E-state index in [1.54, 1.807) is 0 Å². The molecule has 6 atom stereocenters. The number of hydrogen-bond donors (Lipinski definition) is 1. The molecule has 1 spiro atoms. The van der Waals surface area contributed by atoms with Crippen molar-refractivity contribution in [2.75, 3.05) is 6.61 Å². The molecule has 3 nitrogen and oxygen atoms in total. The van der Waals surface area contributed by atoms with E-state index in [0.29, 0.717) is 23.7 Å². The highest BCUT2D eigenvalue weighted by Gasteiger charge is 2.59. The van der Waals surface area contributed by atoms with Crippen LogP contribution in [0, 0.1) is 23.7 Å². The van der Waals surface area contributed by atoms with Gasteiger partial charge in [0, 0.05) is 6.61 Å². The molecule has 0 radical (unpaired) electrons. The molecule has 0 aromatic heterocycles. The van der Waals surface area contributed by atoms with Crippen LogP contribution in [0.4, 0.5) is 0 Å². The summed E-state index contributed by atoms with van der Waals surface area (Å²) in [5, 5.41) is 9.59. The zero-order chi connectivity index (χ0) is 13.7. The molecule has 0 unspecified atom stereocenters. The highest BCUT2D eigenvalue weighted by atomic mass is 17.2. The van der Waals surface area contributed by atoms with E-state index in [0.717, 1.165) is 19.3 Å². The Bertz CT molecular complexity index is 325. The summed E-state index contributed by atoms with van der Waals surface area (Å²) in [6.07, 6.45) is 6.97. The van der Waals surface area contributed by atoms with E-state index in [2.05, 4.69) is 20.8 Å². The predicted molar refractivity (Wildman–Crippen MR) is 73.4 cm³/mol. The minimum Gasteiger partial charge on any atom is -0.396 e. The van der Waals surface area contributed by atoms with Crippen LogP contribution in [0.2, 0.25) is 0 Å². The van der Waals surface area contributed by atoms with E-state index in [1.165, 1.54) is 19.3 Å². The summed E-state index contributed by atoms with van der Waals surface area (Å²) in [5.74, 6) is 2.07. The first-order valence-corrected chi connectivity index (χ1v) is 7.98. The molecular formula is C16H28O3. The fourth-order valence-electron chi connectivity index (χ4n) is 4.91. The van der Waals surface area contributed by atoms with Crippen molar-refractivity contribution in [3.8, 4) is 0 Å². The monoisotopic (exact) mass is 268 g/mol. The zero-order valence-electron chi connectivity index (χ0n) is 12.5. The number of aliphatic hydroxyl groups excluding tert-OH is 1. The van der Waals surface area contributed by atoms with Crippen molar-refractivity contribution >= 4 is 0 Å². The van der Waals surface area contributed by atoms with Gasteiger partial charge in [0.25, 0.3) is 0 Å². The summed E-state index contributed by atoms with van der Waals surface area (Å²) < 4.78 is 0. The van der Waals surface area contributed by atoms with Gasteiger partial charge in [-0.1, -0.05) is 13.8 Å². The number of aliphatic hydroxyl groups is 1. The quantitative estimate of drug-likeness (QED) is 0.781. The Hall–Kier alpha value is -0.120. The van der Waals surface area contributed by atoms with Crippen LogP contribution in [0.25, 0.3) is 0 Å². The second kappa shape index (κ2) is 4.71. The maximum atomic E-state index is 9.59. The molecule has 4 fully saturated rings. The van der Waals surface area contributed by atoms with Gasteiger partial charge in [-0.15, -0.1) is 0 Å². The van der Waals surface area contributed by atoms with Gasteiger partial charge in [0.05, 0.1) is 0 Å². The zero-order valence-corrected chi connectivity index (χ0v) is 12.5. The Balaban J connectivity index is 1.95. The Labute approximate surface area is 116 Å². The van der Waals surface area contributed by atoms with E-state index >= 15 is 0 Å². The van der Waals surface area contributed by atoms with Crippen LogP contribution in [-0.4, -0.2) is 22.9 Å². The van der Waals surface area contributed by atoms with E-state index in [4.69, 9.17) is 9.78 Å². The Morgan fingerprint density at radius 3 is 2.58 bits per heavy atom. The Kier molecular flexibility index (Phi) is 3.43. The molecule has 0 aromatic carbocycles. The first-order chi connectivity index (χ1) is 9.01. The van der Waals surface area contributed by atoms with Gasteiger partial charge in [0.2, 0.25) is 0 Å². The smallest absolute Gasteiger partial charge is 0.110 e. The second-order valence-electron chi connectivity index (χ2n) is 7.54. The van der Waals surface area contributed by atoms with Crippen LogP contribution in [0.1, 0.15) is 59.3 Å². The number of fused-ring (bicyclic) bond motifs is 3. The highest BCUT2D eigenvalue weighted by molar-refractivity contribution is 5.05. The lowest BCUT2D eigenvalue weighted by Crippen LogP contribution is -2.57. The molecule has 2 bridgehead atoms. The predicted octanol–water partition coefficient (Wildman–Crippen LogP) is 3.31. The molecule has 3 heteroatoms. The summed E-state index contributed by atoms with van der Waals surface area (Å²) in [4.78, 5) is 11.9. The third-order valence-electron chi connectivity index (χ3n) is 6.28. The lowest BCUT2D eigenvalue weighted by molar-refractivity contribution is -0.453. The molecule has 2 heterocycles. The number of hydrogen-bond acceptors (Lipinski definition) is 3. The Morgan fingerprint density at radius 2 is 1.95 bits per heavy atom. The third-order valence-corrected chi connectivity index (χ3v) is 6.28. The van der Waals surface area contributed by atoms with Crippen LogP contribution in [0.15, 0.2) is 0 Å². The van der Waals surface area contributed by atoms with Crippen molar-refractivity contribution in [2.45, 2.75) is 70.5 Å². The van der Waals surface area contributed by atoms with Crippen molar-refractivity contribution in [3.63, 3.8) is 0 Å². The van der Waals surface area contributed by atoms with Crippen molar-refractivity contribution in [1.82, 2.24) is 0 Å². The molecule has 2 saturated carbocycles. The van der Waals surface area contributed by atoms with Crippen LogP contribution < -0.4 is 0 Å². The topological polar surface area (TPSA) is 38.7 Å². The van der Waals surface area contributed by atoms with Crippen LogP contribution in [0.5, 0.6) is 0 Å². The molecule has 19 heavy (non-hydrogen) atoms. The summed E-state index contributed by atoms with van der Waals surface area (Å²) in [5.41, 5.74) is -0.203. The summed E-state index contributed by atoms with van der Waals surface area (Å²) in [6.45, 7) is 6.98. The van der Waals surface area contributed by atoms with E-state index in [9.17, 15) is 5.11 Å². The normalized spacial score (nSPS) is 51.5. The molecule has 0 aromatic rings. The molecule has 0 amide bonds. The van der Waals surface area contributed by atoms with Gasteiger partial charge < -0.3 is 5.11 Å². The van der Waals surface area contributed by atoms with Crippen molar-refractivity contribution in [1.29, 1.82) is 0 Å². The molecule has 4 aliphatic rings. The van der Waals surface area contributed by atoms with Gasteiger partial charge in [0.15, 0.2) is 0 Å². The van der Waals surface area contributed by atoms with Gasteiger partial charge in [-0.3, -0.25) is 0 Å². The highest BCUT2D eigenvalue weighted by Crippen LogP contribution is 2.57. The van der Waals surface area contributed by atoms with Gasteiger partial charge in [0.1, 0.15) is 11.2 Å². The fraction of sp³-hybridized carbons (Fsp3) is 1.00. The maximum absolute atomic E-state index is 9.59. The van der Waals surface area contributed by atoms with Crippen molar-refractivity contribution < 1.29 is 14.9 Å². The van der Waals surface area contributed by atoms with Gasteiger partial charge in [-0.05, 0) is 69.1 Å². The number of rotatable bonds is 2.